The van der Waals surface area contributed by atoms with Crippen LogP contribution in [0.15, 0.2) is 22.6 Å². The molecule has 0 atom stereocenters. The van der Waals surface area contributed by atoms with Crippen molar-refractivity contribution in [3.63, 3.8) is 0 Å². The number of hydrogen-bond acceptors (Lipinski definition) is 3. The number of carbonyl (C=O) groups is 1. The fourth-order valence-corrected chi connectivity index (χ4v) is 1.32. The van der Waals surface area contributed by atoms with Gasteiger partial charge in [-0.15, -0.1) is 0 Å². The Labute approximate surface area is 92.9 Å². The molecule has 5 nitrogen and oxygen atoms in total. The van der Waals surface area contributed by atoms with Gasteiger partial charge >= 0.3 is 0 Å². The van der Waals surface area contributed by atoms with Crippen LogP contribution in [0.3, 0.4) is 0 Å². The highest BCUT2D eigenvalue weighted by Crippen LogP contribution is 2.21. The van der Waals surface area contributed by atoms with Gasteiger partial charge in [0.25, 0.3) is 0 Å². The van der Waals surface area contributed by atoms with Crippen molar-refractivity contribution in [1.29, 1.82) is 0 Å². The van der Waals surface area contributed by atoms with Crippen LogP contribution in [0.4, 0.5) is 5.82 Å². The van der Waals surface area contributed by atoms with E-state index in [-0.39, 0.29) is 5.91 Å². The van der Waals surface area contributed by atoms with Gasteiger partial charge in [0.05, 0.1) is 0 Å². The van der Waals surface area contributed by atoms with E-state index in [1.54, 1.807) is 13.0 Å². The molecule has 16 heavy (non-hydrogen) atoms. The zero-order valence-electron chi connectivity index (χ0n) is 9.20. The zero-order valence-corrected chi connectivity index (χ0v) is 9.20. The molecule has 0 radical (unpaired) electrons. The lowest BCUT2D eigenvalue weighted by atomic mass is 10.3. The molecule has 0 spiro atoms. The van der Waals surface area contributed by atoms with Gasteiger partial charge in [-0.2, -0.15) is 5.10 Å². The SMILES string of the molecule is CCC(=O)Nc1cc(-c2ccc(C)o2)[nH]n1. The van der Waals surface area contributed by atoms with Crippen molar-refractivity contribution in [1.82, 2.24) is 10.2 Å². The number of furan rings is 1. The summed E-state index contributed by atoms with van der Waals surface area (Å²) in [5, 5.41) is 9.44. The molecule has 0 aliphatic carbocycles. The van der Waals surface area contributed by atoms with Crippen LogP contribution in [-0.2, 0) is 4.79 Å². The molecular formula is C11H13N3O2. The van der Waals surface area contributed by atoms with Gasteiger partial charge in [0.1, 0.15) is 11.5 Å². The van der Waals surface area contributed by atoms with Crippen LogP contribution in [0, 0.1) is 6.92 Å². The van der Waals surface area contributed by atoms with Crippen molar-refractivity contribution in [3.8, 4) is 11.5 Å². The molecule has 0 aliphatic heterocycles. The molecule has 0 aromatic carbocycles. The molecule has 0 bridgehead atoms. The van der Waals surface area contributed by atoms with Crippen LogP contribution in [0.1, 0.15) is 19.1 Å². The number of hydrogen-bond donors (Lipinski definition) is 2. The standard InChI is InChI=1S/C11H13N3O2/c1-3-11(15)12-10-6-8(13-14-10)9-5-4-7(2)16-9/h4-6H,3H2,1-2H3,(H2,12,13,14,15). The van der Waals surface area contributed by atoms with Crippen molar-refractivity contribution in [2.75, 3.05) is 5.32 Å². The Morgan fingerprint density at radius 3 is 3.00 bits per heavy atom. The van der Waals surface area contributed by atoms with E-state index in [0.29, 0.717) is 18.0 Å². The van der Waals surface area contributed by atoms with E-state index in [2.05, 4.69) is 15.5 Å². The largest absolute Gasteiger partial charge is 0.460 e. The average Bonchev–Trinajstić information content (AvgIpc) is 2.87. The summed E-state index contributed by atoms with van der Waals surface area (Å²) in [5.74, 6) is 2.00. The number of rotatable bonds is 3. The third-order valence-corrected chi connectivity index (χ3v) is 2.17. The predicted octanol–water partition coefficient (Wildman–Crippen LogP) is 2.33. The van der Waals surface area contributed by atoms with Crippen molar-refractivity contribution >= 4 is 11.7 Å². The minimum absolute atomic E-state index is 0.0614. The molecule has 1 amide bonds. The number of aryl methyl sites for hydroxylation is 1. The number of anilines is 1. The minimum Gasteiger partial charge on any atom is -0.460 e. The van der Waals surface area contributed by atoms with Crippen LogP contribution in [0.25, 0.3) is 11.5 Å². The van der Waals surface area contributed by atoms with E-state index >= 15 is 0 Å². The second-order valence-electron chi connectivity index (χ2n) is 3.48. The fraction of sp³-hybridized carbons (Fsp3) is 0.273. The Morgan fingerprint density at radius 1 is 1.56 bits per heavy atom. The Morgan fingerprint density at radius 2 is 2.38 bits per heavy atom. The molecule has 2 aromatic heterocycles. The predicted molar refractivity (Wildman–Crippen MR) is 59.9 cm³/mol. The summed E-state index contributed by atoms with van der Waals surface area (Å²) < 4.78 is 5.43. The van der Waals surface area contributed by atoms with Gasteiger partial charge in [-0.3, -0.25) is 9.89 Å². The Bertz CT molecular complexity index is 499. The van der Waals surface area contributed by atoms with E-state index in [9.17, 15) is 4.79 Å². The van der Waals surface area contributed by atoms with Gasteiger partial charge < -0.3 is 9.73 Å². The first-order chi connectivity index (χ1) is 7.69. The summed E-state index contributed by atoms with van der Waals surface area (Å²) in [6.07, 6.45) is 0.433. The molecule has 2 rings (SSSR count). The van der Waals surface area contributed by atoms with Crippen LogP contribution >= 0.6 is 0 Å². The van der Waals surface area contributed by atoms with E-state index in [0.717, 1.165) is 11.5 Å². The molecule has 0 unspecified atom stereocenters. The Hall–Kier alpha value is -2.04. The number of H-pyrrole nitrogens is 1. The number of aromatic nitrogens is 2. The van der Waals surface area contributed by atoms with Gasteiger partial charge in [0.15, 0.2) is 11.6 Å². The molecule has 0 saturated heterocycles. The van der Waals surface area contributed by atoms with Crippen molar-refractivity contribution in [2.45, 2.75) is 20.3 Å². The van der Waals surface area contributed by atoms with Gasteiger partial charge in [0.2, 0.25) is 5.91 Å². The summed E-state index contributed by atoms with van der Waals surface area (Å²) in [4.78, 5) is 11.1. The summed E-state index contributed by atoms with van der Waals surface area (Å²) in [5.41, 5.74) is 0.750. The molecule has 0 aliphatic rings. The normalized spacial score (nSPS) is 10.4. The molecule has 2 N–H and O–H groups in total. The van der Waals surface area contributed by atoms with Gasteiger partial charge in [0, 0.05) is 12.5 Å². The van der Waals surface area contributed by atoms with E-state index < -0.39 is 0 Å². The number of carbonyl (C=O) groups excluding carboxylic acids is 1. The molecule has 2 heterocycles. The lowest BCUT2D eigenvalue weighted by Crippen LogP contribution is -2.09. The second-order valence-corrected chi connectivity index (χ2v) is 3.48. The fourth-order valence-electron chi connectivity index (χ4n) is 1.32. The highest BCUT2D eigenvalue weighted by molar-refractivity contribution is 5.89. The first kappa shape index (κ1) is 10.5. The van der Waals surface area contributed by atoms with Crippen LogP contribution in [0.2, 0.25) is 0 Å². The van der Waals surface area contributed by atoms with Crippen molar-refractivity contribution < 1.29 is 9.21 Å². The maximum absolute atomic E-state index is 11.1. The number of amides is 1. The lowest BCUT2D eigenvalue weighted by molar-refractivity contribution is -0.115. The van der Waals surface area contributed by atoms with E-state index in [1.165, 1.54) is 0 Å². The minimum atomic E-state index is -0.0614. The second kappa shape index (κ2) is 4.22. The Kier molecular flexibility index (Phi) is 2.76. The molecule has 0 fully saturated rings. The highest BCUT2D eigenvalue weighted by atomic mass is 16.3. The quantitative estimate of drug-likeness (QED) is 0.832. The van der Waals surface area contributed by atoms with Crippen LogP contribution < -0.4 is 5.32 Å². The van der Waals surface area contributed by atoms with Crippen LogP contribution in [-0.4, -0.2) is 16.1 Å². The molecule has 5 heteroatoms. The molecule has 0 saturated carbocycles. The molecule has 2 aromatic rings. The first-order valence-corrected chi connectivity index (χ1v) is 5.11. The highest BCUT2D eigenvalue weighted by Gasteiger charge is 2.08. The van der Waals surface area contributed by atoms with Gasteiger partial charge in [-0.05, 0) is 19.1 Å². The van der Waals surface area contributed by atoms with Crippen molar-refractivity contribution in [3.05, 3.63) is 24.0 Å². The topological polar surface area (TPSA) is 70.9 Å². The summed E-state index contributed by atoms with van der Waals surface area (Å²) in [6, 6.07) is 5.47. The summed E-state index contributed by atoms with van der Waals surface area (Å²) in [7, 11) is 0. The third kappa shape index (κ3) is 2.13. The third-order valence-electron chi connectivity index (χ3n) is 2.17. The zero-order chi connectivity index (χ0) is 11.5. The summed E-state index contributed by atoms with van der Waals surface area (Å²) in [6.45, 7) is 3.67. The first-order valence-electron chi connectivity index (χ1n) is 5.11. The molecular weight excluding hydrogens is 206 g/mol. The van der Waals surface area contributed by atoms with Crippen LogP contribution in [0.5, 0.6) is 0 Å². The van der Waals surface area contributed by atoms with E-state index in [1.807, 2.05) is 19.1 Å². The number of aromatic amines is 1. The number of nitrogens with zero attached hydrogens (tertiary/aromatic N) is 1. The van der Waals surface area contributed by atoms with Crippen molar-refractivity contribution in [2.24, 2.45) is 0 Å². The lowest BCUT2D eigenvalue weighted by Gasteiger charge is -1.95. The van der Waals surface area contributed by atoms with Gasteiger partial charge in [-0.1, -0.05) is 6.92 Å². The summed E-state index contributed by atoms with van der Waals surface area (Å²) >= 11 is 0. The maximum atomic E-state index is 11.1. The number of nitrogens with one attached hydrogen (secondary N) is 2. The monoisotopic (exact) mass is 219 g/mol. The Balaban J connectivity index is 2.16. The average molecular weight is 219 g/mol. The van der Waals surface area contributed by atoms with Gasteiger partial charge in [-0.25, -0.2) is 0 Å². The molecule has 84 valence electrons. The smallest absolute Gasteiger partial charge is 0.225 e. The maximum Gasteiger partial charge on any atom is 0.225 e. The van der Waals surface area contributed by atoms with E-state index in [4.69, 9.17) is 4.42 Å².